The van der Waals surface area contributed by atoms with Crippen molar-refractivity contribution < 1.29 is 18.8 Å². The molecule has 6 nitrogen and oxygen atoms in total. The Kier molecular flexibility index (Phi) is 3.76. The Hall–Kier alpha value is -2.77. The normalized spacial score (nSPS) is 31.4. The highest BCUT2D eigenvalue weighted by Gasteiger charge is 2.74. The van der Waals surface area contributed by atoms with Crippen molar-refractivity contribution in [3.8, 4) is 0 Å². The van der Waals surface area contributed by atoms with Gasteiger partial charge in [-0.1, -0.05) is 29.3 Å². The van der Waals surface area contributed by atoms with E-state index in [1.807, 2.05) is 25.1 Å². The Balaban J connectivity index is 1.56. The molecule has 4 aliphatic heterocycles. The van der Waals surface area contributed by atoms with Crippen LogP contribution in [0.4, 0.5) is 15.8 Å². The Morgan fingerprint density at radius 1 is 1.13 bits per heavy atom. The molecule has 4 atom stereocenters. The number of hydrogen-bond donors (Lipinski definition) is 1. The molecule has 8 heteroatoms. The van der Waals surface area contributed by atoms with Crippen LogP contribution in [0.5, 0.6) is 0 Å². The van der Waals surface area contributed by atoms with Crippen LogP contribution in [0.15, 0.2) is 36.4 Å². The minimum Gasteiger partial charge on any atom is -0.324 e. The molecule has 4 aliphatic rings. The quantitative estimate of drug-likeness (QED) is 0.693. The first-order chi connectivity index (χ1) is 14.9. The van der Waals surface area contributed by atoms with Crippen LogP contribution >= 0.6 is 11.6 Å². The number of nitrogens with one attached hydrogen (secondary N) is 1. The molecule has 158 valence electrons. The maximum Gasteiger partial charge on any atom is 0.250 e. The number of carbonyl (C=O) groups is 3. The lowest BCUT2D eigenvalue weighted by molar-refractivity contribution is -0.135. The maximum absolute atomic E-state index is 13.8. The molecule has 6 rings (SSSR count). The van der Waals surface area contributed by atoms with E-state index in [1.165, 1.54) is 12.1 Å². The van der Waals surface area contributed by atoms with E-state index in [9.17, 15) is 18.8 Å². The van der Waals surface area contributed by atoms with Crippen molar-refractivity contribution in [2.75, 3.05) is 16.8 Å². The predicted octanol–water partition coefficient (Wildman–Crippen LogP) is 3.22. The largest absolute Gasteiger partial charge is 0.324 e. The van der Waals surface area contributed by atoms with Gasteiger partial charge in [0.2, 0.25) is 17.7 Å². The number of hydrogen-bond acceptors (Lipinski definition) is 4. The van der Waals surface area contributed by atoms with Gasteiger partial charge in [-0.15, -0.1) is 0 Å². The van der Waals surface area contributed by atoms with Crippen LogP contribution < -0.4 is 10.2 Å². The molecule has 0 aliphatic carbocycles. The van der Waals surface area contributed by atoms with Crippen molar-refractivity contribution in [2.45, 2.75) is 31.3 Å². The predicted molar refractivity (Wildman–Crippen MR) is 112 cm³/mol. The molecule has 0 bridgehead atoms. The zero-order chi connectivity index (χ0) is 21.7. The van der Waals surface area contributed by atoms with Crippen LogP contribution in [-0.4, -0.2) is 35.2 Å². The molecule has 31 heavy (non-hydrogen) atoms. The lowest BCUT2D eigenvalue weighted by Crippen LogP contribution is -2.54. The van der Waals surface area contributed by atoms with E-state index in [0.717, 1.165) is 34.9 Å². The van der Waals surface area contributed by atoms with Gasteiger partial charge in [0.1, 0.15) is 11.4 Å². The van der Waals surface area contributed by atoms with Gasteiger partial charge in [-0.2, -0.15) is 0 Å². The molecule has 2 aromatic rings. The van der Waals surface area contributed by atoms with E-state index in [4.69, 9.17) is 11.6 Å². The number of anilines is 2. The summed E-state index contributed by atoms with van der Waals surface area (Å²) in [6.07, 6.45) is 1.60. The summed E-state index contributed by atoms with van der Waals surface area (Å²) in [4.78, 5) is 44.1. The third-order valence-corrected chi connectivity index (χ3v) is 7.60. The van der Waals surface area contributed by atoms with E-state index >= 15 is 0 Å². The molecular formula is C23H19ClFN3O3. The molecule has 3 fully saturated rings. The molecule has 4 heterocycles. The van der Waals surface area contributed by atoms with Gasteiger partial charge in [0.05, 0.1) is 22.5 Å². The lowest BCUT2D eigenvalue weighted by Gasteiger charge is -2.36. The molecule has 0 aromatic heterocycles. The Morgan fingerprint density at radius 2 is 1.94 bits per heavy atom. The molecule has 0 radical (unpaired) electrons. The molecule has 3 amide bonds. The van der Waals surface area contributed by atoms with Crippen molar-refractivity contribution in [2.24, 2.45) is 11.8 Å². The Morgan fingerprint density at radius 3 is 2.71 bits per heavy atom. The second-order valence-corrected chi connectivity index (χ2v) is 9.19. The zero-order valence-corrected chi connectivity index (χ0v) is 17.4. The number of nitrogens with zero attached hydrogens (tertiary/aromatic N) is 2. The minimum atomic E-state index is -1.21. The number of benzene rings is 2. The Bertz CT molecular complexity index is 1200. The summed E-state index contributed by atoms with van der Waals surface area (Å²) in [5.74, 6) is -3.12. The first-order valence-electron chi connectivity index (χ1n) is 10.4. The number of rotatable bonds is 1. The third kappa shape index (κ3) is 2.18. The van der Waals surface area contributed by atoms with Crippen LogP contribution in [-0.2, 0) is 19.9 Å². The van der Waals surface area contributed by atoms with E-state index in [0.29, 0.717) is 12.2 Å². The summed E-state index contributed by atoms with van der Waals surface area (Å²) in [5.41, 5.74) is 1.45. The SMILES string of the molecule is Cc1ccc2c(c1)[C@]1(C(=O)N2)[C@@H]2C(=O)N(c3ccc(F)c(Cl)c3)C(=O)[C@@H]2[C@H]2CCCN21. The average molecular weight is 440 g/mol. The first kappa shape index (κ1) is 19.0. The van der Waals surface area contributed by atoms with Crippen LogP contribution in [0.25, 0.3) is 0 Å². The van der Waals surface area contributed by atoms with E-state index in [-0.39, 0.29) is 28.6 Å². The fourth-order valence-corrected chi connectivity index (χ4v) is 6.37. The molecule has 0 unspecified atom stereocenters. The fourth-order valence-electron chi connectivity index (χ4n) is 6.20. The number of aryl methyl sites for hydroxylation is 1. The van der Waals surface area contributed by atoms with Crippen molar-refractivity contribution in [1.29, 1.82) is 0 Å². The van der Waals surface area contributed by atoms with Gasteiger partial charge in [0, 0.05) is 17.3 Å². The standard InChI is InChI=1S/C23H19ClFN3O3/c1-11-4-7-16-13(9-11)23(22(31)26-16)19-18(17-3-2-8-27(17)23)20(29)28(21(19)30)12-5-6-15(25)14(24)10-12/h4-7,9-10,17-19H,2-3,8H2,1H3,(H,26,31)/t17-,18-,19+,23-/m1/s1. The van der Waals surface area contributed by atoms with Crippen LogP contribution in [0, 0.1) is 24.6 Å². The maximum atomic E-state index is 13.8. The summed E-state index contributed by atoms with van der Waals surface area (Å²) in [6.45, 7) is 2.60. The van der Waals surface area contributed by atoms with Gasteiger partial charge in [-0.05, 0) is 50.6 Å². The van der Waals surface area contributed by atoms with Crippen LogP contribution in [0.1, 0.15) is 24.0 Å². The van der Waals surface area contributed by atoms with Gasteiger partial charge < -0.3 is 5.32 Å². The number of imide groups is 1. The van der Waals surface area contributed by atoms with Gasteiger partial charge >= 0.3 is 0 Å². The monoisotopic (exact) mass is 439 g/mol. The highest BCUT2D eigenvalue weighted by molar-refractivity contribution is 6.32. The first-order valence-corrected chi connectivity index (χ1v) is 10.8. The van der Waals surface area contributed by atoms with Gasteiger partial charge in [0.15, 0.2) is 0 Å². The molecule has 1 N–H and O–H groups in total. The third-order valence-electron chi connectivity index (χ3n) is 7.31. The minimum absolute atomic E-state index is 0.160. The van der Waals surface area contributed by atoms with Crippen molar-refractivity contribution in [1.82, 2.24) is 4.90 Å². The smallest absolute Gasteiger partial charge is 0.250 e. The highest BCUT2D eigenvalue weighted by atomic mass is 35.5. The van der Waals surface area contributed by atoms with Crippen molar-refractivity contribution in [3.63, 3.8) is 0 Å². The molecule has 2 aromatic carbocycles. The van der Waals surface area contributed by atoms with E-state index in [1.54, 1.807) is 0 Å². The Labute approximate surface area is 183 Å². The van der Waals surface area contributed by atoms with Crippen LogP contribution in [0.3, 0.4) is 0 Å². The summed E-state index contributed by atoms with van der Waals surface area (Å²) < 4.78 is 13.7. The van der Waals surface area contributed by atoms with Crippen LogP contribution in [0.2, 0.25) is 5.02 Å². The van der Waals surface area contributed by atoms with E-state index < -0.39 is 29.1 Å². The topological polar surface area (TPSA) is 69.7 Å². The van der Waals surface area contributed by atoms with E-state index in [2.05, 4.69) is 10.2 Å². The second kappa shape index (κ2) is 6.14. The van der Waals surface area contributed by atoms with Gasteiger partial charge in [0.25, 0.3) is 0 Å². The lowest BCUT2D eigenvalue weighted by atomic mass is 9.75. The van der Waals surface area contributed by atoms with Gasteiger partial charge in [-0.25, -0.2) is 9.29 Å². The molecular weight excluding hydrogens is 421 g/mol. The zero-order valence-electron chi connectivity index (χ0n) is 16.7. The summed E-state index contributed by atoms with van der Waals surface area (Å²) >= 11 is 5.93. The van der Waals surface area contributed by atoms with Crippen molar-refractivity contribution >= 4 is 40.7 Å². The summed E-state index contributed by atoms with van der Waals surface area (Å²) in [6, 6.07) is 9.34. The second-order valence-electron chi connectivity index (χ2n) is 8.79. The number of fused-ring (bicyclic) bond motifs is 7. The van der Waals surface area contributed by atoms with Gasteiger partial charge in [-0.3, -0.25) is 19.3 Å². The van der Waals surface area contributed by atoms with Crippen molar-refractivity contribution in [3.05, 3.63) is 58.4 Å². The number of halogens is 2. The molecule has 3 saturated heterocycles. The molecule has 1 spiro atoms. The average Bonchev–Trinajstić information content (AvgIpc) is 3.43. The summed E-state index contributed by atoms with van der Waals surface area (Å²) in [5, 5.41) is 2.80. The highest BCUT2D eigenvalue weighted by Crippen LogP contribution is 2.60. The fraction of sp³-hybridized carbons (Fsp3) is 0.348. The summed E-state index contributed by atoms with van der Waals surface area (Å²) in [7, 11) is 0. The number of amides is 3. The number of carbonyl (C=O) groups excluding carboxylic acids is 3. The molecule has 0 saturated carbocycles.